The summed E-state index contributed by atoms with van der Waals surface area (Å²) in [6.45, 7) is 3.90. The van der Waals surface area contributed by atoms with Crippen molar-refractivity contribution in [1.29, 1.82) is 0 Å². The van der Waals surface area contributed by atoms with Gasteiger partial charge in [-0.1, -0.05) is 13.8 Å². The maximum Gasteiger partial charge on any atom is 0.405 e. The Balaban J connectivity index is 1.59. The summed E-state index contributed by atoms with van der Waals surface area (Å²) in [6, 6.07) is 0. The van der Waals surface area contributed by atoms with Gasteiger partial charge in [0.25, 0.3) is 0 Å². The van der Waals surface area contributed by atoms with E-state index in [1.807, 2.05) is 13.8 Å². The van der Waals surface area contributed by atoms with E-state index in [0.29, 0.717) is 18.3 Å². The number of rotatable bonds is 2. The lowest BCUT2D eigenvalue weighted by molar-refractivity contribution is -0.257. The van der Waals surface area contributed by atoms with Gasteiger partial charge in [-0.05, 0) is 74.0 Å². The van der Waals surface area contributed by atoms with Gasteiger partial charge in [0.05, 0.1) is 0 Å². The molecule has 0 amide bonds. The Labute approximate surface area is 135 Å². The molecule has 0 aromatic heterocycles. The molecular formula is C18H25F3O2. The van der Waals surface area contributed by atoms with Gasteiger partial charge >= 0.3 is 12.1 Å². The molecule has 130 valence electrons. The van der Waals surface area contributed by atoms with Crippen LogP contribution in [0.4, 0.5) is 13.2 Å². The third-order valence-corrected chi connectivity index (χ3v) is 7.78. The predicted molar refractivity (Wildman–Crippen MR) is 78.4 cm³/mol. The Morgan fingerprint density at radius 3 is 2.26 bits per heavy atom. The van der Waals surface area contributed by atoms with E-state index in [1.165, 1.54) is 0 Å². The first-order valence-corrected chi connectivity index (χ1v) is 9.02. The number of carbonyl (C=O) groups excluding carboxylic acids is 1. The minimum atomic E-state index is -4.50. The van der Waals surface area contributed by atoms with Gasteiger partial charge in [-0.25, -0.2) is 0 Å². The fourth-order valence-electron chi connectivity index (χ4n) is 6.29. The molecule has 4 fully saturated rings. The lowest BCUT2D eigenvalue weighted by Gasteiger charge is -2.42. The van der Waals surface area contributed by atoms with Crippen LogP contribution in [0.2, 0.25) is 0 Å². The molecule has 0 heterocycles. The minimum absolute atomic E-state index is 0.00389. The van der Waals surface area contributed by atoms with Gasteiger partial charge in [0.1, 0.15) is 6.10 Å². The monoisotopic (exact) mass is 330 g/mol. The average Bonchev–Trinajstić information content (AvgIpc) is 3.20. The van der Waals surface area contributed by atoms with Gasteiger partial charge < -0.3 is 4.74 Å². The normalized spacial score (nSPS) is 51.4. The molecule has 4 aliphatic carbocycles. The highest BCUT2D eigenvalue weighted by atomic mass is 19.4. The molecular weight excluding hydrogens is 305 g/mol. The van der Waals surface area contributed by atoms with Crippen LogP contribution in [0, 0.1) is 40.9 Å². The number of hydrogen-bond donors (Lipinski definition) is 0. The molecule has 2 nitrogen and oxygen atoms in total. The van der Waals surface area contributed by atoms with E-state index in [-0.39, 0.29) is 30.3 Å². The van der Waals surface area contributed by atoms with E-state index in [1.54, 1.807) is 0 Å². The van der Waals surface area contributed by atoms with Crippen molar-refractivity contribution in [2.24, 2.45) is 40.9 Å². The molecule has 0 aliphatic heterocycles. The number of fused-ring (bicyclic) bond motifs is 4. The van der Waals surface area contributed by atoms with Crippen LogP contribution >= 0.6 is 0 Å². The molecule has 0 spiro atoms. The van der Waals surface area contributed by atoms with Crippen molar-refractivity contribution in [2.75, 3.05) is 0 Å². The topological polar surface area (TPSA) is 26.3 Å². The van der Waals surface area contributed by atoms with E-state index >= 15 is 0 Å². The van der Waals surface area contributed by atoms with Gasteiger partial charge in [-0.3, -0.25) is 4.79 Å². The van der Waals surface area contributed by atoms with E-state index in [0.717, 1.165) is 25.7 Å². The predicted octanol–water partition coefficient (Wildman–Crippen LogP) is 4.58. The first-order valence-electron chi connectivity index (χ1n) is 9.02. The lowest BCUT2D eigenvalue weighted by atomic mass is 9.65. The van der Waals surface area contributed by atoms with E-state index < -0.39 is 23.5 Å². The number of halogens is 3. The lowest BCUT2D eigenvalue weighted by Crippen LogP contribution is -2.53. The highest BCUT2D eigenvalue weighted by Gasteiger charge is 2.73. The molecule has 5 heteroatoms. The molecule has 8 unspecified atom stereocenters. The minimum Gasteiger partial charge on any atom is -0.461 e. The van der Waals surface area contributed by atoms with Crippen molar-refractivity contribution in [3.8, 4) is 0 Å². The zero-order valence-corrected chi connectivity index (χ0v) is 13.7. The molecule has 8 atom stereocenters. The van der Waals surface area contributed by atoms with Crippen LogP contribution in [-0.2, 0) is 9.53 Å². The second-order valence-corrected chi connectivity index (χ2v) is 8.61. The summed E-state index contributed by atoms with van der Waals surface area (Å²) in [5, 5.41) is 0. The summed E-state index contributed by atoms with van der Waals surface area (Å²) >= 11 is 0. The second-order valence-electron chi connectivity index (χ2n) is 8.61. The highest BCUT2D eigenvalue weighted by Crippen LogP contribution is 2.67. The van der Waals surface area contributed by atoms with E-state index in [4.69, 9.17) is 4.74 Å². The molecule has 4 aliphatic rings. The van der Waals surface area contributed by atoms with Crippen LogP contribution in [0.15, 0.2) is 0 Å². The molecule has 4 rings (SSSR count). The molecule has 0 aromatic carbocycles. The summed E-state index contributed by atoms with van der Waals surface area (Å²) in [6.07, 6.45) is -0.382. The zero-order chi connectivity index (χ0) is 16.6. The molecule has 0 radical (unpaired) electrons. The maximum atomic E-state index is 14.0. The first-order chi connectivity index (χ1) is 10.7. The van der Waals surface area contributed by atoms with Gasteiger partial charge in [-0.2, -0.15) is 13.2 Å². The number of esters is 1. The van der Waals surface area contributed by atoms with Gasteiger partial charge in [0.2, 0.25) is 0 Å². The van der Waals surface area contributed by atoms with Crippen LogP contribution in [0.3, 0.4) is 0 Å². The smallest absolute Gasteiger partial charge is 0.405 e. The summed E-state index contributed by atoms with van der Waals surface area (Å²) in [5.41, 5.74) is -2.24. The zero-order valence-electron chi connectivity index (χ0n) is 13.7. The molecule has 4 bridgehead atoms. The van der Waals surface area contributed by atoms with Crippen LogP contribution in [-0.4, -0.2) is 18.2 Å². The largest absolute Gasteiger partial charge is 0.461 e. The van der Waals surface area contributed by atoms with Crippen LogP contribution in [0.5, 0.6) is 0 Å². The van der Waals surface area contributed by atoms with Gasteiger partial charge in [-0.15, -0.1) is 0 Å². The summed E-state index contributed by atoms with van der Waals surface area (Å²) < 4.78 is 47.5. The Hall–Kier alpha value is -0.740. The van der Waals surface area contributed by atoms with Crippen molar-refractivity contribution in [3.63, 3.8) is 0 Å². The summed E-state index contributed by atoms with van der Waals surface area (Å²) in [4.78, 5) is 12.7. The van der Waals surface area contributed by atoms with Crippen LogP contribution in [0.25, 0.3) is 0 Å². The second kappa shape index (κ2) is 4.89. The van der Waals surface area contributed by atoms with E-state index in [2.05, 4.69) is 0 Å². The molecule has 0 saturated heterocycles. The first kappa shape index (κ1) is 15.8. The number of alkyl halides is 3. The summed E-state index contributed by atoms with van der Waals surface area (Å²) in [5.74, 6) is -0.511. The Morgan fingerprint density at radius 1 is 1.04 bits per heavy atom. The number of hydrogen-bond acceptors (Lipinski definition) is 2. The fraction of sp³-hybridized carbons (Fsp3) is 0.944. The Bertz CT molecular complexity index is 515. The van der Waals surface area contributed by atoms with Crippen LogP contribution in [0.1, 0.15) is 52.4 Å². The third-order valence-electron chi connectivity index (χ3n) is 7.78. The fourth-order valence-corrected chi connectivity index (χ4v) is 6.29. The number of ether oxygens (including phenoxy) is 1. The average molecular weight is 330 g/mol. The molecule has 23 heavy (non-hydrogen) atoms. The quantitative estimate of drug-likeness (QED) is 0.693. The van der Waals surface area contributed by atoms with Crippen molar-refractivity contribution in [3.05, 3.63) is 0 Å². The van der Waals surface area contributed by atoms with Gasteiger partial charge in [0, 0.05) is 0 Å². The Morgan fingerprint density at radius 2 is 1.78 bits per heavy atom. The Kier molecular flexibility index (Phi) is 3.35. The van der Waals surface area contributed by atoms with Crippen molar-refractivity contribution in [1.82, 2.24) is 0 Å². The van der Waals surface area contributed by atoms with Crippen molar-refractivity contribution in [2.45, 2.75) is 64.7 Å². The van der Waals surface area contributed by atoms with E-state index in [9.17, 15) is 18.0 Å². The molecule has 0 aromatic rings. The highest BCUT2D eigenvalue weighted by molar-refractivity contribution is 5.79. The maximum absolute atomic E-state index is 14.0. The SMILES string of the molecule is CC1C2CC(C1C)C(C(=O)OC1CC3CCC1C3)(C(F)(F)F)C2. The van der Waals surface area contributed by atoms with Crippen molar-refractivity contribution < 1.29 is 22.7 Å². The van der Waals surface area contributed by atoms with Crippen molar-refractivity contribution >= 4 is 5.97 Å². The molecule has 4 saturated carbocycles. The summed E-state index contributed by atoms with van der Waals surface area (Å²) in [7, 11) is 0. The standard InChI is InChI=1S/C18H25F3O2/c1-9-10(2)14-7-13(9)8-17(14,18(19,20)21)16(22)23-15-6-11-3-4-12(15)5-11/h9-15H,3-8H2,1-2H3. The van der Waals surface area contributed by atoms with Gasteiger partial charge in [0.15, 0.2) is 5.41 Å². The van der Waals surface area contributed by atoms with Crippen LogP contribution < -0.4 is 0 Å². The third kappa shape index (κ3) is 2.03. The number of carbonyl (C=O) groups is 1. The molecule has 0 N–H and O–H groups in total.